The SMILES string of the molecule is CCCCCCCCCCCCCCCCCC(=O)O.Cl.F.F.O=C(O)c1ccccc1.[H-].[H-].[H-].[K+].[K+].[K+].[SnH2]. The van der Waals surface area contributed by atoms with Gasteiger partial charge in [-0.05, 0) is 18.6 Å². The second kappa shape index (κ2) is 48.7. The van der Waals surface area contributed by atoms with Gasteiger partial charge in [-0.1, -0.05) is 115 Å². The summed E-state index contributed by atoms with van der Waals surface area (Å²) >= 11 is 0. The molecule has 0 aliphatic rings. The molecule has 2 N–H and O–H groups in total. The summed E-state index contributed by atoms with van der Waals surface area (Å²) in [5, 5.41) is 16.9. The quantitative estimate of drug-likeness (QED) is 0.158. The minimum absolute atomic E-state index is 0. The van der Waals surface area contributed by atoms with Gasteiger partial charge in [-0.15, -0.1) is 12.4 Å². The van der Waals surface area contributed by atoms with Gasteiger partial charge in [-0.25, -0.2) is 4.79 Å². The Labute approximate surface area is 373 Å². The molecule has 1 aromatic rings. The minimum atomic E-state index is -0.879. The molecule has 1 rings (SSSR count). The molecule has 0 spiro atoms. The second-order valence-corrected chi connectivity index (χ2v) is 7.76. The zero-order valence-corrected chi connectivity index (χ0v) is 37.6. The molecule has 202 valence electrons. The van der Waals surface area contributed by atoms with Gasteiger partial charge >= 0.3 is 190 Å². The predicted molar refractivity (Wildman–Crippen MR) is 145 cm³/mol. The number of benzene rings is 1. The first-order chi connectivity index (χ1) is 14.1. The van der Waals surface area contributed by atoms with Gasteiger partial charge in [0.2, 0.25) is 0 Å². The van der Waals surface area contributed by atoms with Crippen LogP contribution in [0.1, 0.15) is 124 Å². The fourth-order valence-electron chi connectivity index (χ4n) is 3.23. The first kappa shape index (κ1) is 59.4. The van der Waals surface area contributed by atoms with Crippen LogP contribution >= 0.6 is 12.4 Å². The molecule has 0 heterocycles. The van der Waals surface area contributed by atoms with Gasteiger partial charge in [-0.3, -0.25) is 14.2 Å². The number of hydrogen-bond donors (Lipinski definition) is 2. The maximum absolute atomic E-state index is 10.3. The van der Waals surface area contributed by atoms with Crippen LogP contribution in [0.5, 0.6) is 0 Å². The molecule has 11 heteroatoms. The summed E-state index contributed by atoms with van der Waals surface area (Å²) in [6.07, 6.45) is 20.2. The summed E-state index contributed by atoms with van der Waals surface area (Å²) in [6, 6.07) is 8.30. The van der Waals surface area contributed by atoms with Crippen molar-refractivity contribution in [1.29, 1.82) is 0 Å². The van der Waals surface area contributed by atoms with E-state index in [-0.39, 0.29) is 204 Å². The molecule has 0 aromatic heterocycles. The Morgan fingerprint density at radius 3 is 1.19 bits per heavy atom. The molecule has 0 aliphatic carbocycles. The third-order valence-corrected chi connectivity index (χ3v) is 5.01. The Morgan fingerprint density at radius 2 is 0.944 bits per heavy atom. The molecule has 0 bridgehead atoms. The summed E-state index contributed by atoms with van der Waals surface area (Å²) in [6.45, 7) is 2.27. The molecule has 0 atom stereocenters. The van der Waals surface area contributed by atoms with E-state index in [0.717, 1.165) is 12.8 Å². The van der Waals surface area contributed by atoms with Crippen LogP contribution in [0, 0.1) is 0 Å². The van der Waals surface area contributed by atoms with Crippen LogP contribution in [0.4, 0.5) is 9.41 Å². The van der Waals surface area contributed by atoms with E-state index in [0.29, 0.717) is 12.0 Å². The van der Waals surface area contributed by atoms with E-state index in [4.69, 9.17) is 10.2 Å². The molecule has 0 unspecified atom stereocenters. The van der Waals surface area contributed by atoms with Crippen molar-refractivity contribution >= 4 is 48.3 Å². The summed E-state index contributed by atoms with van der Waals surface area (Å²) < 4.78 is 0. The summed E-state index contributed by atoms with van der Waals surface area (Å²) in [4.78, 5) is 20.5. The number of unbranched alkanes of at least 4 members (excludes halogenated alkanes) is 14. The Morgan fingerprint density at radius 1 is 0.639 bits per heavy atom. The fourth-order valence-corrected chi connectivity index (χ4v) is 3.23. The zero-order valence-electron chi connectivity index (χ0n) is 26.3. The molecule has 0 saturated carbocycles. The Kier molecular flexibility index (Phi) is 80.4. The van der Waals surface area contributed by atoms with Crippen LogP contribution in [0.25, 0.3) is 0 Å². The van der Waals surface area contributed by atoms with E-state index in [2.05, 4.69) is 6.92 Å². The van der Waals surface area contributed by atoms with Crippen LogP contribution in [0.3, 0.4) is 0 Å². The van der Waals surface area contributed by atoms with Crippen molar-refractivity contribution in [3.8, 4) is 0 Å². The number of carbonyl (C=O) groups is 2. The van der Waals surface area contributed by atoms with E-state index in [1.54, 1.807) is 30.3 Å². The number of rotatable bonds is 17. The van der Waals surface area contributed by atoms with E-state index in [1.165, 1.54) is 83.5 Å². The molecular formula is C25H50ClF2K3O4Sn. The van der Waals surface area contributed by atoms with Gasteiger partial charge < -0.3 is 14.5 Å². The van der Waals surface area contributed by atoms with Crippen molar-refractivity contribution in [3.05, 3.63) is 35.9 Å². The van der Waals surface area contributed by atoms with Crippen LogP contribution in [-0.4, -0.2) is 46.1 Å². The zero-order chi connectivity index (χ0) is 21.6. The molecule has 0 amide bonds. The average molecular weight is 724 g/mol. The van der Waals surface area contributed by atoms with Crippen molar-refractivity contribution in [2.75, 3.05) is 0 Å². The monoisotopic (exact) mass is 724 g/mol. The van der Waals surface area contributed by atoms with E-state index in [1.807, 2.05) is 0 Å². The Bertz CT molecular complexity index is 553. The molecule has 0 aliphatic heterocycles. The molecule has 1 aromatic carbocycles. The van der Waals surface area contributed by atoms with Gasteiger partial charge in [0, 0.05) is 6.42 Å². The molecular weight excluding hydrogens is 674 g/mol. The molecule has 36 heavy (non-hydrogen) atoms. The van der Waals surface area contributed by atoms with Crippen LogP contribution in [0.15, 0.2) is 30.3 Å². The van der Waals surface area contributed by atoms with Crippen LogP contribution in [0.2, 0.25) is 0 Å². The second-order valence-electron chi connectivity index (χ2n) is 7.76. The van der Waals surface area contributed by atoms with Crippen molar-refractivity contribution in [2.24, 2.45) is 0 Å². The first-order valence-electron chi connectivity index (χ1n) is 11.6. The third kappa shape index (κ3) is 47.8. The molecule has 4 nitrogen and oxygen atoms in total. The van der Waals surface area contributed by atoms with Gasteiger partial charge in [-0.2, -0.15) is 0 Å². The average Bonchev–Trinajstić information content (AvgIpc) is 2.72. The van der Waals surface area contributed by atoms with Crippen LogP contribution < -0.4 is 154 Å². The number of aliphatic carboxylic acids is 1. The maximum atomic E-state index is 10.3. The van der Waals surface area contributed by atoms with Gasteiger partial charge in [0.25, 0.3) is 0 Å². The Hall–Kier alpha value is 4.02. The summed E-state index contributed by atoms with van der Waals surface area (Å²) in [7, 11) is 0. The van der Waals surface area contributed by atoms with Gasteiger partial charge in [0.05, 0.1) is 5.56 Å². The molecule has 0 saturated heterocycles. The predicted octanol–water partition coefficient (Wildman–Crippen LogP) is -1.12. The topological polar surface area (TPSA) is 74.6 Å². The standard InChI is InChI=1S/C18H36O2.C7H6O2.ClH.2FH.3K.Sn.5H/c1-2-3-4-5-6-7-8-9-10-11-12-13-14-15-16-17-18(19)20;8-7(9)6-4-2-1-3-5-6;;;;;;;;;;;;/h2-17H2,1H3,(H,19,20);1-5H,(H,8,9);3*1H;;;;;;;;;/q;;;;;3*+1;;;;3*-1. The number of carboxylic acids is 2. The van der Waals surface area contributed by atoms with Crippen molar-refractivity contribution < 1.29 is 188 Å². The van der Waals surface area contributed by atoms with Gasteiger partial charge in [0.15, 0.2) is 0 Å². The number of halogens is 3. The Balaban J connectivity index is -0.0000000404. The molecule has 2 radical (unpaired) electrons. The van der Waals surface area contributed by atoms with E-state index < -0.39 is 11.9 Å². The number of aromatic carboxylic acids is 1. The first-order valence-corrected chi connectivity index (χ1v) is 11.6. The van der Waals surface area contributed by atoms with Crippen LogP contribution in [-0.2, 0) is 4.79 Å². The van der Waals surface area contributed by atoms with Crippen molar-refractivity contribution in [1.82, 2.24) is 0 Å². The van der Waals surface area contributed by atoms with E-state index in [9.17, 15) is 9.59 Å². The number of carboxylic acid groups (broad SMARTS) is 2. The summed E-state index contributed by atoms with van der Waals surface area (Å²) in [5.41, 5.74) is 0.331. The number of hydrogen-bond acceptors (Lipinski definition) is 2. The van der Waals surface area contributed by atoms with Gasteiger partial charge in [0.1, 0.15) is 0 Å². The summed E-state index contributed by atoms with van der Waals surface area (Å²) in [5.74, 6) is -1.53. The van der Waals surface area contributed by atoms with Crippen molar-refractivity contribution in [2.45, 2.75) is 110 Å². The van der Waals surface area contributed by atoms with E-state index >= 15 is 0 Å². The molecule has 0 fully saturated rings. The normalized spacial score (nSPS) is 8.25. The fraction of sp³-hybridized carbons (Fsp3) is 0.680. The van der Waals surface area contributed by atoms with Crippen molar-refractivity contribution in [3.63, 3.8) is 0 Å². The third-order valence-electron chi connectivity index (χ3n) is 5.01.